The molecule has 1 amide bonds. The van der Waals surface area contributed by atoms with Gasteiger partial charge in [0.15, 0.2) is 11.5 Å². The third kappa shape index (κ3) is 3.41. The van der Waals surface area contributed by atoms with Gasteiger partial charge in [-0.05, 0) is 35.9 Å². The molecule has 3 aromatic heterocycles. The number of amides is 1. The van der Waals surface area contributed by atoms with Gasteiger partial charge in [-0.3, -0.25) is 4.79 Å². The molecule has 3 heterocycles. The first-order valence-corrected chi connectivity index (χ1v) is 9.00. The fourth-order valence-corrected chi connectivity index (χ4v) is 3.07. The Kier molecular flexibility index (Phi) is 4.18. The summed E-state index contributed by atoms with van der Waals surface area (Å²) < 4.78 is 16.2. The molecule has 29 heavy (non-hydrogen) atoms. The van der Waals surface area contributed by atoms with E-state index in [9.17, 15) is 4.79 Å². The molecule has 2 aromatic carbocycles. The highest BCUT2D eigenvalue weighted by atomic mass is 16.5. The minimum absolute atomic E-state index is 0.249. The number of anilines is 1. The van der Waals surface area contributed by atoms with Crippen LogP contribution in [-0.4, -0.2) is 16.0 Å². The molecule has 0 spiro atoms. The predicted octanol–water partition coefficient (Wildman–Crippen LogP) is 4.92. The van der Waals surface area contributed by atoms with Crippen LogP contribution in [-0.2, 0) is 6.42 Å². The molecule has 5 rings (SSSR count). The molecule has 0 fully saturated rings. The van der Waals surface area contributed by atoms with Gasteiger partial charge >= 0.3 is 0 Å². The number of carbonyl (C=O) groups is 1. The molecule has 0 aliphatic heterocycles. The van der Waals surface area contributed by atoms with Crippen LogP contribution < -0.4 is 5.32 Å². The molecular weight excluding hydrogens is 370 g/mol. The second-order valence-corrected chi connectivity index (χ2v) is 6.43. The van der Waals surface area contributed by atoms with E-state index in [0.717, 1.165) is 10.9 Å². The SMILES string of the molecule is O=C(Nc1ccccc1Cc1nc(-c2ccco2)no1)c1cc2ccccc2o1. The first-order valence-electron chi connectivity index (χ1n) is 9.00. The largest absolute Gasteiger partial charge is 0.461 e. The summed E-state index contributed by atoms with van der Waals surface area (Å²) in [4.78, 5) is 17.0. The molecule has 0 bridgehead atoms. The van der Waals surface area contributed by atoms with Crippen molar-refractivity contribution in [3.63, 3.8) is 0 Å². The van der Waals surface area contributed by atoms with Crippen molar-refractivity contribution in [2.75, 3.05) is 5.32 Å². The Labute approximate surface area is 164 Å². The third-order valence-electron chi connectivity index (χ3n) is 4.47. The van der Waals surface area contributed by atoms with Crippen LogP contribution in [0.15, 0.2) is 86.4 Å². The highest BCUT2D eigenvalue weighted by Crippen LogP contribution is 2.23. The molecule has 7 nitrogen and oxygen atoms in total. The summed E-state index contributed by atoms with van der Waals surface area (Å²) in [5.74, 6) is 1.26. The zero-order chi connectivity index (χ0) is 19.6. The van der Waals surface area contributed by atoms with E-state index in [1.165, 1.54) is 0 Å². The number of fused-ring (bicyclic) bond motifs is 1. The van der Waals surface area contributed by atoms with Gasteiger partial charge in [0.05, 0.1) is 12.7 Å². The molecule has 0 radical (unpaired) electrons. The van der Waals surface area contributed by atoms with Crippen molar-refractivity contribution in [2.45, 2.75) is 6.42 Å². The average molecular weight is 385 g/mol. The van der Waals surface area contributed by atoms with E-state index in [2.05, 4.69) is 15.5 Å². The molecule has 7 heteroatoms. The van der Waals surface area contributed by atoms with Crippen LogP contribution in [0.2, 0.25) is 0 Å². The maximum atomic E-state index is 12.7. The average Bonchev–Trinajstić information content (AvgIpc) is 3.49. The third-order valence-corrected chi connectivity index (χ3v) is 4.47. The number of aromatic nitrogens is 2. The van der Waals surface area contributed by atoms with Crippen LogP contribution in [0.25, 0.3) is 22.6 Å². The van der Waals surface area contributed by atoms with E-state index in [1.54, 1.807) is 24.5 Å². The van der Waals surface area contributed by atoms with Gasteiger partial charge < -0.3 is 18.7 Å². The first-order chi connectivity index (χ1) is 14.3. The van der Waals surface area contributed by atoms with Crippen molar-refractivity contribution in [3.8, 4) is 11.6 Å². The predicted molar refractivity (Wildman–Crippen MR) is 105 cm³/mol. The molecule has 1 N–H and O–H groups in total. The highest BCUT2D eigenvalue weighted by Gasteiger charge is 2.16. The minimum atomic E-state index is -0.324. The number of para-hydroxylation sites is 2. The van der Waals surface area contributed by atoms with Crippen molar-refractivity contribution in [2.24, 2.45) is 0 Å². The molecule has 0 saturated carbocycles. The Bertz CT molecular complexity index is 1250. The Morgan fingerprint density at radius 1 is 1.00 bits per heavy atom. The standard InChI is InChI=1S/C22H15N3O4/c26-22(19-12-15-7-2-4-9-17(15)28-19)23-16-8-3-1-6-14(16)13-20-24-21(25-29-20)18-10-5-11-27-18/h1-12H,13H2,(H,23,26). The number of benzene rings is 2. The normalized spacial score (nSPS) is 11.0. The van der Waals surface area contributed by atoms with Gasteiger partial charge in [0.2, 0.25) is 11.7 Å². The van der Waals surface area contributed by atoms with E-state index in [4.69, 9.17) is 13.4 Å². The Hall–Kier alpha value is -4.13. The summed E-state index contributed by atoms with van der Waals surface area (Å²) in [6, 6.07) is 20.2. The Balaban J connectivity index is 1.37. The number of hydrogen-bond acceptors (Lipinski definition) is 6. The van der Waals surface area contributed by atoms with E-state index in [1.807, 2.05) is 48.5 Å². The zero-order valence-corrected chi connectivity index (χ0v) is 15.2. The van der Waals surface area contributed by atoms with E-state index < -0.39 is 0 Å². The topological polar surface area (TPSA) is 94.3 Å². The number of rotatable bonds is 5. The maximum Gasteiger partial charge on any atom is 0.291 e. The molecule has 0 unspecified atom stereocenters. The maximum absolute atomic E-state index is 12.7. The number of furan rings is 2. The van der Waals surface area contributed by atoms with Crippen LogP contribution in [0, 0.1) is 0 Å². The van der Waals surface area contributed by atoms with Crippen molar-refractivity contribution >= 4 is 22.6 Å². The lowest BCUT2D eigenvalue weighted by Gasteiger charge is -2.08. The molecule has 142 valence electrons. The van der Waals surface area contributed by atoms with Crippen LogP contribution >= 0.6 is 0 Å². The Morgan fingerprint density at radius 2 is 1.86 bits per heavy atom. The van der Waals surface area contributed by atoms with Gasteiger partial charge in [0.1, 0.15) is 5.58 Å². The Morgan fingerprint density at radius 3 is 2.72 bits per heavy atom. The lowest BCUT2D eigenvalue weighted by Crippen LogP contribution is -2.12. The highest BCUT2D eigenvalue weighted by molar-refractivity contribution is 6.05. The summed E-state index contributed by atoms with van der Waals surface area (Å²) in [7, 11) is 0. The fourth-order valence-electron chi connectivity index (χ4n) is 3.07. The fraction of sp³-hybridized carbons (Fsp3) is 0.0455. The monoisotopic (exact) mass is 385 g/mol. The molecule has 0 saturated heterocycles. The van der Waals surface area contributed by atoms with Crippen molar-refractivity contribution < 1.29 is 18.2 Å². The molecule has 0 aliphatic carbocycles. The van der Waals surface area contributed by atoms with E-state index >= 15 is 0 Å². The second-order valence-electron chi connectivity index (χ2n) is 6.43. The van der Waals surface area contributed by atoms with Crippen LogP contribution in [0.1, 0.15) is 22.0 Å². The first kappa shape index (κ1) is 17.0. The second kappa shape index (κ2) is 7.12. The lowest BCUT2D eigenvalue weighted by molar-refractivity contribution is 0.0998. The molecule has 0 aliphatic rings. The summed E-state index contributed by atoms with van der Waals surface area (Å²) >= 11 is 0. The molecule has 0 atom stereocenters. The zero-order valence-electron chi connectivity index (χ0n) is 15.2. The smallest absolute Gasteiger partial charge is 0.291 e. The van der Waals surface area contributed by atoms with Crippen molar-refractivity contribution in [1.29, 1.82) is 0 Å². The van der Waals surface area contributed by atoms with Crippen molar-refractivity contribution in [3.05, 3.63) is 90.2 Å². The van der Waals surface area contributed by atoms with Crippen LogP contribution in [0.4, 0.5) is 5.69 Å². The number of nitrogens with one attached hydrogen (secondary N) is 1. The number of hydrogen-bond donors (Lipinski definition) is 1. The quantitative estimate of drug-likeness (QED) is 0.461. The van der Waals surface area contributed by atoms with Gasteiger partial charge in [0.25, 0.3) is 5.91 Å². The summed E-state index contributed by atoms with van der Waals surface area (Å²) in [6.45, 7) is 0. The summed E-state index contributed by atoms with van der Waals surface area (Å²) in [5.41, 5.74) is 2.16. The molecular formula is C22H15N3O4. The molecule has 5 aromatic rings. The van der Waals surface area contributed by atoms with Crippen LogP contribution in [0.3, 0.4) is 0 Å². The van der Waals surface area contributed by atoms with Gasteiger partial charge in [-0.1, -0.05) is 41.6 Å². The number of nitrogens with zero attached hydrogens (tertiary/aromatic N) is 2. The van der Waals surface area contributed by atoms with E-state index in [0.29, 0.717) is 35.2 Å². The number of carbonyl (C=O) groups excluding carboxylic acids is 1. The van der Waals surface area contributed by atoms with E-state index in [-0.39, 0.29) is 11.7 Å². The van der Waals surface area contributed by atoms with Gasteiger partial charge in [-0.15, -0.1) is 0 Å². The minimum Gasteiger partial charge on any atom is -0.461 e. The van der Waals surface area contributed by atoms with Gasteiger partial charge in [-0.25, -0.2) is 0 Å². The van der Waals surface area contributed by atoms with Crippen molar-refractivity contribution in [1.82, 2.24) is 10.1 Å². The van der Waals surface area contributed by atoms with Crippen LogP contribution in [0.5, 0.6) is 0 Å². The summed E-state index contributed by atoms with van der Waals surface area (Å²) in [6.07, 6.45) is 1.92. The van der Waals surface area contributed by atoms with Gasteiger partial charge in [-0.2, -0.15) is 4.98 Å². The summed E-state index contributed by atoms with van der Waals surface area (Å²) in [5, 5.41) is 7.71. The lowest BCUT2D eigenvalue weighted by atomic mass is 10.1. The van der Waals surface area contributed by atoms with Gasteiger partial charge in [0, 0.05) is 11.1 Å².